The fraction of sp³-hybridized carbons (Fsp3) is 0.167. The molecular formula is C12H9BrF3N3. The Morgan fingerprint density at radius 1 is 1.11 bits per heavy atom. The first-order valence-electron chi connectivity index (χ1n) is 5.31. The molecule has 2 aromatic rings. The van der Waals surface area contributed by atoms with Crippen LogP contribution in [0.2, 0.25) is 0 Å². The van der Waals surface area contributed by atoms with Crippen LogP contribution in [0.25, 0.3) is 11.3 Å². The second-order valence-corrected chi connectivity index (χ2v) is 4.64. The van der Waals surface area contributed by atoms with Crippen molar-refractivity contribution in [1.82, 2.24) is 9.97 Å². The summed E-state index contributed by atoms with van der Waals surface area (Å²) in [4.78, 5) is 7.57. The summed E-state index contributed by atoms with van der Waals surface area (Å²) in [6, 6.07) is 8.82. The molecule has 0 radical (unpaired) electrons. The molecule has 0 atom stereocenters. The maximum atomic E-state index is 12.4. The Labute approximate surface area is 115 Å². The smallest absolute Gasteiger partial charge is 0.383 e. The molecule has 1 aromatic heterocycles. The van der Waals surface area contributed by atoms with Crippen LogP contribution in [0.5, 0.6) is 0 Å². The van der Waals surface area contributed by atoms with Gasteiger partial charge in [-0.2, -0.15) is 13.2 Å². The van der Waals surface area contributed by atoms with Gasteiger partial charge in [0.25, 0.3) is 0 Å². The zero-order valence-corrected chi connectivity index (χ0v) is 11.2. The number of alkyl halides is 3. The van der Waals surface area contributed by atoms with Gasteiger partial charge in [-0.25, -0.2) is 9.97 Å². The molecule has 1 heterocycles. The third kappa shape index (κ3) is 3.44. The van der Waals surface area contributed by atoms with E-state index in [4.69, 9.17) is 5.73 Å². The fourth-order valence-corrected chi connectivity index (χ4v) is 1.96. The van der Waals surface area contributed by atoms with E-state index >= 15 is 0 Å². The minimum atomic E-state index is -4.37. The molecular weight excluding hydrogens is 323 g/mol. The maximum absolute atomic E-state index is 12.4. The monoisotopic (exact) mass is 331 g/mol. The lowest BCUT2D eigenvalue weighted by molar-refractivity contribution is -0.128. The number of benzene rings is 1. The van der Waals surface area contributed by atoms with Crippen molar-refractivity contribution in [2.24, 2.45) is 0 Å². The predicted molar refractivity (Wildman–Crippen MR) is 69.3 cm³/mol. The van der Waals surface area contributed by atoms with Crippen LogP contribution < -0.4 is 5.73 Å². The molecule has 19 heavy (non-hydrogen) atoms. The molecule has 100 valence electrons. The molecule has 3 nitrogen and oxygen atoms in total. The minimum absolute atomic E-state index is 0.00639. The van der Waals surface area contributed by atoms with Gasteiger partial charge in [0.15, 0.2) is 0 Å². The quantitative estimate of drug-likeness (QED) is 0.914. The Hall–Kier alpha value is -1.63. The number of anilines is 1. The van der Waals surface area contributed by atoms with Gasteiger partial charge < -0.3 is 5.73 Å². The molecule has 0 aliphatic carbocycles. The van der Waals surface area contributed by atoms with Gasteiger partial charge in [0.05, 0.1) is 10.2 Å². The van der Waals surface area contributed by atoms with Crippen LogP contribution in [0.4, 0.5) is 19.0 Å². The average molecular weight is 332 g/mol. The third-order valence-electron chi connectivity index (χ3n) is 2.33. The highest BCUT2D eigenvalue weighted by Crippen LogP contribution is 2.31. The second kappa shape index (κ2) is 5.16. The summed E-state index contributed by atoms with van der Waals surface area (Å²) >= 11 is 3.20. The van der Waals surface area contributed by atoms with E-state index in [0.717, 1.165) is 0 Å². The molecule has 7 heteroatoms. The Morgan fingerprint density at radius 3 is 2.32 bits per heavy atom. The predicted octanol–water partition coefficient (Wildman–Crippen LogP) is 3.59. The SMILES string of the molecule is Nc1nc(CC(F)(F)F)nc(-c2ccccc2)c1Br. The van der Waals surface area contributed by atoms with Crippen LogP contribution in [0.1, 0.15) is 5.82 Å². The van der Waals surface area contributed by atoms with Gasteiger partial charge in [0.2, 0.25) is 0 Å². The summed E-state index contributed by atoms with van der Waals surface area (Å²) in [5, 5.41) is 0. The minimum Gasteiger partial charge on any atom is -0.383 e. The van der Waals surface area contributed by atoms with Gasteiger partial charge in [-0.1, -0.05) is 30.3 Å². The van der Waals surface area contributed by atoms with Crippen molar-refractivity contribution in [2.75, 3.05) is 5.73 Å². The molecule has 0 bridgehead atoms. The molecule has 1 aromatic carbocycles. The molecule has 0 aliphatic heterocycles. The molecule has 0 saturated carbocycles. The van der Waals surface area contributed by atoms with Crippen molar-refractivity contribution in [3.63, 3.8) is 0 Å². The molecule has 0 spiro atoms. The van der Waals surface area contributed by atoms with Crippen LogP contribution in [0, 0.1) is 0 Å². The number of nitrogens with two attached hydrogens (primary N) is 1. The number of hydrogen-bond acceptors (Lipinski definition) is 3. The van der Waals surface area contributed by atoms with Gasteiger partial charge in [-0.3, -0.25) is 0 Å². The zero-order valence-electron chi connectivity index (χ0n) is 9.58. The van der Waals surface area contributed by atoms with Gasteiger partial charge in [0.1, 0.15) is 18.1 Å². The van der Waals surface area contributed by atoms with Gasteiger partial charge in [0, 0.05) is 5.56 Å². The standard InChI is InChI=1S/C12H9BrF3N3/c13-9-10(7-4-2-1-3-5-7)18-8(19-11(9)17)6-12(14,15)16/h1-5H,6H2,(H2,17,18,19). The largest absolute Gasteiger partial charge is 0.396 e. The first kappa shape index (κ1) is 13.8. The lowest BCUT2D eigenvalue weighted by atomic mass is 10.1. The highest BCUT2D eigenvalue weighted by molar-refractivity contribution is 9.10. The molecule has 2 N–H and O–H groups in total. The van der Waals surface area contributed by atoms with E-state index in [2.05, 4.69) is 25.9 Å². The summed E-state index contributed by atoms with van der Waals surface area (Å²) in [6.07, 6.45) is -5.57. The number of nitrogens with zero attached hydrogens (tertiary/aromatic N) is 2. The second-order valence-electron chi connectivity index (χ2n) is 3.85. The molecule has 0 unspecified atom stereocenters. The van der Waals surface area contributed by atoms with Crippen LogP contribution >= 0.6 is 15.9 Å². The Morgan fingerprint density at radius 2 is 1.74 bits per heavy atom. The van der Waals surface area contributed by atoms with E-state index in [1.54, 1.807) is 30.3 Å². The van der Waals surface area contributed by atoms with Crippen LogP contribution in [-0.4, -0.2) is 16.1 Å². The lowest BCUT2D eigenvalue weighted by Crippen LogP contribution is -2.15. The molecule has 0 aliphatic rings. The van der Waals surface area contributed by atoms with Crippen molar-refractivity contribution in [3.05, 3.63) is 40.6 Å². The summed E-state index contributed by atoms with van der Waals surface area (Å²) in [7, 11) is 0. The van der Waals surface area contributed by atoms with Crippen molar-refractivity contribution in [3.8, 4) is 11.3 Å². The fourth-order valence-electron chi connectivity index (χ4n) is 1.56. The topological polar surface area (TPSA) is 51.8 Å². The normalized spacial score (nSPS) is 11.6. The summed E-state index contributed by atoms with van der Waals surface area (Å²) < 4.78 is 37.5. The number of halogens is 4. The summed E-state index contributed by atoms with van der Waals surface area (Å²) in [5.74, 6) is -0.347. The number of hydrogen-bond donors (Lipinski definition) is 1. The molecule has 0 saturated heterocycles. The number of rotatable bonds is 2. The van der Waals surface area contributed by atoms with Crippen LogP contribution in [0.3, 0.4) is 0 Å². The van der Waals surface area contributed by atoms with Crippen molar-refractivity contribution in [2.45, 2.75) is 12.6 Å². The Balaban J connectivity index is 2.49. The number of aromatic nitrogens is 2. The molecule has 0 fully saturated rings. The third-order valence-corrected chi connectivity index (χ3v) is 3.11. The van der Waals surface area contributed by atoms with Crippen molar-refractivity contribution < 1.29 is 13.2 Å². The van der Waals surface area contributed by atoms with E-state index in [0.29, 0.717) is 15.7 Å². The van der Waals surface area contributed by atoms with E-state index in [1.807, 2.05) is 0 Å². The Bertz CT molecular complexity index is 585. The summed E-state index contributed by atoms with van der Waals surface area (Å²) in [6.45, 7) is 0. The maximum Gasteiger partial charge on any atom is 0.396 e. The first-order chi connectivity index (χ1) is 8.87. The van der Waals surface area contributed by atoms with E-state index < -0.39 is 12.6 Å². The highest BCUT2D eigenvalue weighted by Gasteiger charge is 2.30. The average Bonchev–Trinajstić information content (AvgIpc) is 2.33. The van der Waals surface area contributed by atoms with Gasteiger partial charge in [-0.05, 0) is 15.9 Å². The molecule has 2 rings (SSSR count). The van der Waals surface area contributed by atoms with E-state index in [-0.39, 0.29) is 11.6 Å². The van der Waals surface area contributed by atoms with Gasteiger partial charge >= 0.3 is 6.18 Å². The summed E-state index contributed by atoms with van der Waals surface area (Å²) in [5.41, 5.74) is 6.64. The Kier molecular flexibility index (Phi) is 3.75. The van der Waals surface area contributed by atoms with Crippen LogP contribution in [0.15, 0.2) is 34.8 Å². The van der Waals surface area contributed by atoms with E-state index in [1.165, 1.54) is 0 Å². The number of nitrogen functional groups attached to an aromatic ring is 1. The van der Waals surface area contributed by atoms with Gasteiger partial charge in [-0.15, -0.1) is 0 Å². The van der Waals surface area contributed by atoms with Crippen molar-refractivity contribution >= 4 is 21.7 Å². The zero-order chi connectivity index (χ0) is 14.0. The van der Waals surface area contributed by atoms with E-state index in [9.17, 15) is 13.2 Å². The van der Waals surface area contributed by atoms with Crippen LogP contribution in [-0.2, 0) is 6.42 Å². The first-order valence-corrected chi connectivity index (χ1v) is 6.10. The highest BCUT2D eigenvalue weighted by atomic mass is 79.9. The lowest BCUT2D eigenvalue weighted by Gasteiger charge is -2.10. The van der Waals surface area contributed by atoms with Crippen molar-refractivity contribution in [1.29, 1.82) is 0 Å². The molecule has 0 amide bonds.